The highest BCUT2D eigenvalue weighted by Crippen LogP contribution is 2.27. The second kappa shape index (κ2) is 8.83. The smallest absolute Gasteiger partial charge is 0.238 e. The van der Waals surface area contributed by atoms with Gasteiger partial charge in [-0.25, -0.2) is 23.2 Å². The van der Waals surface area contributed by atoms with Crippen LogP contribution in [0.15, 0.2) is 35.5 Å². The van der Waals surface area contributed by atoms with Gasteiger partial charge in [0.15, 0.2) is 5.65 Å². The molecule has 3 aromatic rings. The minimum atomic E-state index is -3.83. The summed E-state index contributed by atoms with van der Waals surface area (Å²) in [5.74, 6) is 0.828. The zero-order valence-electron chi connectivity index (χ0n) is 18.1. The number of aryl methyl sites for hydroxylation is 1. The van der Waals surface area contributed by atoms with Gasteiger partial charge >= 0.3 is 0 Å². The maximum atomic E-state index is 11.8. The van der Waals surface area contributed by atoms with E-state index in [1.54, 1.807) is 38.4 Å². The van der Waals surface area contributed by atoms with Crippen LogP contribution in [0.1, 0.15) is 38.2 Å². The van der Waals surface area contributed by atoms with E-state index in [1.807, 2.05) is 4.68 Å². The summed E-state index contributed by atoms with van der Waals surface area (Å²) >= 11 is 0. The fourth-order valence-corrected chi connectivity index (χ4v) is 5.00. The van der Waals surface area contributed by atoms with Gasteiger partial charge in [0.25, 0.3) is 0 Å². The first-order valence-corrected chi connectivity index (χ1v) is 12.1. The minimum absolute atomic E-state index is 0.0213. The summed E-state index contributed by atoms with van der Waals surface area (Å²) in [6.45, 7) is 3.99. The second-order valence-corrected chi connectivity index (χ2v) is 9.90. The summed E-state index contributed by atoms with van der Waals surface area (Å²) in [7, 11) is -3.83. The lowest BCUT2D eigenvalue weighted by atomic mass is 9.86. The van der Waals surface area contributed by atoms with E-state index >= 15 is 0 Å². The average Bonchev–Trinajstić information content (AvgIpc) is 3.12. The third kappa shape index (κ3) is 5.05. The van der Waals surface area contributed by atoms with E-state index in [0.29, 0.717) is 28.8 Å². The molecule has 1 aromatic carbocycles. The molecule has 11 heteroatoms. The largest absolute Gasteiger partial charge is 0.354 e. The number of fused-ring (bicyclic) bond motifs is 1. The van der Waals surface area contributed by atoms with Crippen LogP contribution < -0.4 is 15.8 Å². The van der Waals surface area contributed by atoms with E-state index in [2.05, 4.69) is 25.7 Å². The van der Waals surface area contributed by atoms with Crippen molar-refractivity contribution in [2.75, 3.05) is 5.32 Å². The van der Waals surface area contributed by atoms with Crippen LogP contribution in [0.2, 0.25) is 0 Å². The Morgan fingerprint density at radius 1 is 1.22 bits per heavy atom. The number of nitrogens with one attached hydrogen (secondary N) is 2. The molecule has 0 aliphatic heterocycles. The molecule has 0 radical (unpaired) electrons. The lowest BCUT2D eigenvalue weighted by Gasteiger charge is -2.28. The molecule has 1 fully saturated rings. The molecule has 32 heavy (non-hydrogen) atoms. The standard InChI is InChI=1S/C21H27N7O3S/c1-13-3-6-18(9-19(13)32(22,30)31)26-21-23-10-16-11-24-28(20(16)27-21)12-15-4-7-17(8-5-15)25-14(2)29/h3,6,9-11,15,17H,4-5,7-8,12H2,1-2H3,(H,25,29)(H2,22,30,31)(H,23,26,27). The Morgan fingerprint density at radius 3 is 2.66 bits per heavy atom. The molecular formula is C21H27N7O3S. The molecule has 1 saturated carbocycles. The Labute approximate surface area is 186 Å². The van der Waals surface area contributed by atoms with Crippen LogP contribution in [0.4, 0.5) is 11.6 Å². The molecule has 4 rings (SSSR count). The first-order valence-electron chi connectivity index (χ1n) is 10.5. The van der Waals surface area contributed by atoms with Crippen molar-refractivity contribution in [3.8, 4) is 0 Å². The molecule has 4 N–H and O–H groups in total. The fraction of sp³-hybridized carbons (Fsp3) is 0.429. The number of anilines is 2. The highest BCUT2D eigenvalue weighted by molar-refractivity contribution is 7.89. The van der Waals surface area contributed by atoms with E-state index in [0.717, 1.165) is 37.6 Å². The number of benzene rings is 1. The summed E-state index contributed by atoms with van der Waals surface area (Å²) in [6.07, 6.45) is 7.39. The molecular weight excluding hydrogens is 430 g/mol. The number of nitrogens with zero attached hydrogens (tertiary/aromatic N) is 4. The Morgan fingerprint density at radius 2 is 1.97 bits per heavy atom. The van der Waals surface area contributed by atoms with Crippen LogP contribution in [-0.2, 0) is 21.4 Å². The van der Waals surface area contributed by atoms with Gasteiger partial charge in [-0.15, -0.1) is 0 Å². The highest BCUT2D eigenvalue weighted by Gasteiger charge is 2.23. The Bertz CT molecular complexity index is 1250. The molecule has 0 spiro atoms. The number of carbonyl (C=O) groups is 1. The van der Waals surface area contributed by atoms with E-state index < -0.39 is 10.0 Å². The molecule has 2 aromatic heterocycles. The van der Waals surface area contributed by atoms with Gasteiger partial charge in [-0.05, 0) is 56.2 Å². The highest BCUT2D eigenvalue weighted by atomic mass is 32.2. The van der Waals surface area contributed by atoms with Crippen LogP contribution in [0.3, 0.4) is 0 Å². The van der Waals surface area contributed by atoms with Crippen molar-refractivity contribution in [3.05, 3.63) is 36.2 Å². The first-order chi connectivity index (χ1) is 15.2. The topological polar surface area (TPSA) is 145 Å². The molecule has 2 heterocycles. The number of nitrogens with two attached hydrogens (primary N) is 1. The molecule has 0 saturated heterocycles. The SMILES string of the molecule is CC(=O)NC1CCC(Cn2ncc3cnc(Nc4ccc(C)c(S(N)(=O)=O)c4)nc32)CC1. The average molecular weight is 458 g/mol. The van der Waals surface area contributed by atoms with Gasteiger partial charge in [-0.1, -0.05) is 6.07 Å². The van der Waals surface area contributed by atoms with Crippen LogP contribution in [0.5, 0.6) is 0 Å². The van der Waals surface area contributed by atoms with Crippen molar-refractivity contribution in [1.29, 1.82) is 0 Å². The van der Waals surface area contributed by atoms with Crippen molar-refractivity contribution in [2.24, 2.45) is 11.1 Å². The molecule has 0 bridgehead atoms. The number of aromatic nitrogens is 4. The molecule has 170 valence electrons. The van der Waals surface area contributed by atoms with Crippen molar-refractivity contribution >= 4 is 38.6 Å². The third-order valence-corrected chi connectivity index (χ3v) is 6.87. The third-order valence-electron chi connectivity index (χ3n) is 5.81. The Kier molecular flexibility index (Phi) is 6.11. The van der Waals surface area contributed by atoms with Gasteiger partial charge < -0.3 is 10.6 Å². The molecule has 1 amide bonds. The van der Waals surface area contributed by atoms with E-state index in [4.69, 9.17) is 5.14 Å². The lowest BCUT2D eigenvalue weighted by Crippen LogP contribution is -2.36. The van der Waals surface area contributed by atoms with E-state index in [-0.39, 0.29) is 16.8 Å². The summed E-state index contributed by atoms with van der Waals surface area (Å²) in [4.78, 5) is 20.2. The van der Waals surface area contributed by atoms with Gasteiger partial charge in [-0.2, -0.15) is 10.1 Å². The Hall–Kier alpha value is -3.05. The molecule has 0 atom stereocenters. The fourth-order valence-electron chi connectivity index (χ4n) is 4.20. The van der Waals surface area contributed by atoms with Crippen molar-refractivity contribution in [2.45, 2.75) is 57.0 Å². The maximum Gasteiger partial charge on any atom is 0.238 e. The first kappa shape index (κ1) is 22.2. The normalized spacial score (nSPS) is 19.1. The number of primary sulfonamides is 1. The minimum Gasteiger partial charge on any atom is -0.354 e. The molecule has 10 nitrogen and oxygen atoms in total. The summed E-state index contributed by atoms with van der Waals surface area (Å²) in [5, 5.41) is 16.7. The van der Waals surface area contributed by atoms with Gasteiger partial charge in [0, 0.05) is 31.4 Å². The predicted octanol–water partition coefficient (Wildman–Crippen LogP) is 2.22. The van der Waals surface area contributed by atoms with Crippen LogP contribution in [0, 0.1) is 12.8 Å². The van der Waals surface area contributed by atoms with E-state index in [1.165, 1.54) is 6.07 Å². The summed E-state index contributed by atoms with van der Waals surface area (Å²) in [5.41, 5.74) is 1.81. The molecule has 1 aliphatic carbocycles. The maximum absolute atomic E-state index is 11.8. The number of sulfonamides is 1. The zero-order chi connectivity index (χ0) is 22.9. The van der Waals surface area contributed by atoms with Crippen LogP contribution >= 0.6 is 0 Å². The number of carbonyl (C=O) groups excluding carboxylic acids is 1. The van der Waals surface area contributed by atoms with Crippen molar-refractivity contribution in [1.82, 2.24) is 25.1 Å². The van der Waals surface area contributed by atoms with Gasteiger partial charge in [0.05, 0.1) is 16.5 Å². The number of hydrogen-bond donors (Lipinski definition) is 3. The Balaban J connectivity index is 1.50. The lowest BCUT2D eigenvalue weighted by molar-refractivity contribution is -0.119. The van der Waals surface area contributed by atoms with Gasteiger partial charge in [0.1, 0.15) is 0 Å². The van der Waals surface area contributed by atoms with Crippen molar-refractivity contribution < 1.29 is 13.2 Å². The van der Waals surface area contributed by atoms with Crippen LogP contribution in [0.25, 0.3) is 11.0 Å². The number of hydrogen-bond acceptors (Lipinski definition) is 7. The molecule has 0 unspecified atom stereocenters. The van der Waals surface area contributed by atoms with Gasteiger partial charge in [0.2, 0.25) is 21.9 Å². The number of amides is 1. The predicted molar refractivity (Wildman–Crippen MR) is 121 cm³/mol. The summed E-state index contributed by atoms with van der Waals surface area (Å²) in [6, 6.07) is 5.17. The number of rotatable bonds is 6. The molecule has 1 aliphatic rings. The van der Waals surface area contributed by atoms with E-state index in [9.17, 15) is 13.2 Å². The van der Waals surface area contributed by atoms with Crippen molar-refractivity contribution in [3.63, 3.8) is 0 Å². The zero-order valence-corrected chi connectivity index (χ0v) is 18.9. The van der Waals surface area contributed by atoms with Gasteiger partial charge in [-0.3, -0.25) is 4.79 Å². The monoisotopic (exact) mass is 457 g/mol. The van der Waals surface area contributed by atoms with Crippen LogP contribution in [-0.4, -0.2) is 40.1 Å². The summed E-state index contributed by atoms with van der Waals surface area (Å²) < 4.78 is 25.5. The quantitative estimate of drug-likeness (QED) is 0.514. The second-order valence-electron chi connectivity index (χ2n) is 8.37.